The van der Waals surface area contributed by atoms with E-state index in [1.54, 1.807) is 12.3 Å². The van der Waals surface area contributed by atoms with Gasteiger partial charge in [0.25, 0.3) is 5.91 Å². The molecule has 1 saturated heterocycles. The lowest BCUT2D eigenvalue weighted by atomic mass is 10.0. The highest BCUT2D eigenvalue weighted by molar-refractivity contribution is 5.92. The van der Waals surface area contributed by atoms with Gasteiger partial charge < -0.3 is 9.47 Å². The number of imidazole rings is 1. The summed E-state index contributed by atoms with van der Waals surface area (Å²) < 4.78 is 2.12. The topological polar surface area (TPSA) is 51.0 Å². The number of pyridine rings is 1. The van der Waals surface area contributed by atoms with E-state index in [0.717, 1.165) is 42.7 Å². The van der Waals surface area contributed by atoms with Gasteiger partial charge in [-0.05, 0) is 43.5 Å². The summed E-state index contributed by atoms with van der Waals surface area (Å²) in [4.78, 5) is 23.9. The molecular formula is C19H20N4O. The number of carbonyl (C=O) groups excluding carboxylic acids is 1. The molecule has 3 aromatic rings. The molecule has 0 unspecified atom stereocenters. The van der Waals surface area contributed by atoms with E-state index in [2.05, 4.69) is 15.6 Å². The van der Waals surface area contributed by atoms with Crippen molar-refractivity contribution in [1.29, 1.82) is 0 Å². The minimum Gasteiger partial charge on any atom is -0.329 e. The van der Waals surface area contributed by atoms with Gasteiger partial charge in [-0.25, -0.2) is 4.98 Å². The second kappa shape index (κ2) is 6.07. The number of hydrogen-bond donors (Lipinski definition) is 0. The number of aromatic nitrogens is 3. The summed E-state index contributed by atoms with van der Waals surface area (Å²) in [6.07, 6.45) is 4.75. The Labute approximate surface area is 140 Å². The van der Waals surface area contributed by atoms with Crippen molar-refractivity contribution in [3.63, 3.8) is 0 Å². The molecule has 1 aliphatic rings. The molecule has 1 aromatic carbocycles. The number of benzene rings is 1. The molecule has 0 spiro atoms. The number of para-hydroxylation sites is 2. The van der Waals surface area contributed by atoms with Crippen LogP contribution in [0.15, 0.2) is 48.7 Å². The van der Waals surface area contributed by atoms with E-state index in [1.165, 1.54) is 0 Å². The van der Waals surface area contributed by atoms with Crippen LogP contribution in [0, 0.1) is 0 Å². The lowest BCUT2D eigenvalue weighted by Gasteiger charge is -2.35. The molecule has 24 heavy (non-hydrogen) atoms. The molecule has 1 fully saturated rings. The van der Waals surface area contributed by atoms with Gasteiger partial charge in [-0.1, -0.05) is 18.2 Å². The largest absolute Gasteiger partial charge is 0.329 e. The molecule has 0 N–H and O–H groups in total. The van der Waals surface area contributed by atoms with Gasteiger partial charge in [-0.2, -0.15) is 0 Å². The molecule has 1 aliphatic heterocycles. The summed E-state index contributed by atoms with van der Waals surface area (Å²) >= 11 is 0. The Balaban J connectivity index is 1.74. The van der Waals surface area contributed by atoms with Crippen LogP contribution in [0.3, 0.4) is 0 Å². The van der Waals surface area contributed by atoms with Crippen LogP contribution in [0.1, 0.15) is 41.6 Å². The lowest BCUT2D eigenvalue weighted by molar-refractivity contribution is 0.0591. The zero-order valence-electron chi connectivity index (χ0n) is 13.7. The van der Waals surface area contributed by atoms with Crippen LogP contribution in [0.5, 0.6) is 0 Å². The Hall–Kier alpha value is -2.69. The predicted molar refractivity (Wildman–Crippen MR) is 92.6 cm³/mol. The standard InChI is InChI=1S/C19H20N4O/c1-22-16-10-3-2-8-14(16)21-18(22)17-11-5-7-13-23(17)19(24)15-9-4-6-12-20-15/h2-4,6,8-10,12,17H,5,7,11,13H2,1H3/t17-/m0/s1. The maximum Gasteiger partial charge on any atom is 0.273 e. The van der Waals surface area contributed by atoms with Crippen molar-refractivity contribution in [2.45, 2.75) is 25.3 Å². The Morgan fingerprint density at radius 3 is 2.75 bits per heavy atom. The number of fused-ring (bicyclic) bond motifs is 1. The molecule has 1 atom stereocenters. The average molecular weight is 320 g/mol. The first-order valence-corrected chi connectivity index (χ1v) is 8.39. The third-order valence-electron chi connectivity index (χ3n) is 4.77. The highest BCUT2D eigenvalue weighted by Gasteiger charge is 2.32. The van der Waals surface area contributed by atoms with Gasteiger partial charge in [-0.15, -0.1) is 0 Å². The number of aryl methyl sites for hydroxylation is 1. The Morgan fingerprint density at radius 2 is 1.96 bits per heavy atom. The lowest BCUT2D eigenvalue weighted by Crippen LogP contribution is -2.39. The minimum atomic E-state index is -0.00708. The molecule has 0 radical (unpaired) electrons. The number of rotatable bonds is 2. The van der Waals surface area contributed by atoms with Gasteiger partial charge in [0.05, 0.1) is 17.1 Å². The van der Waals surface area contributed by atoms with Gasteiger partial charge in [0.1, 0.15) is 11.5 Å². The molecule has 3 heterocycles. The van der Waals surface area contributed by atoms with Crippen molar-refractivity contribution >= 4 is 16.9 Å². The molecule has 2 aromatic heterocycles. The SMILES string of the molecule is Cn1c([C@@H]2CCCCN2C(=O)c2ccccn2)nc2ccccc21. The van der Waals surface area contributed by atoms with Crippen LogP contribution in [0.25, 0.3) is 11.0 Å². The van der Waals surface area contributed by atoms with Crippen molar-refractivity contribution in [2.24, 2.45) is 7.05 Å². The van der Waals surface area contributed by atoms with Gasteiger partial charge in [0.15, 0.2) is 0 Å². The van der Waals surface area contributed by atoms with E-state index in [9.17, 15) is 4.79 Å². The Bertz CT molecular complexity index is 871. The molecule has 0 aliphatic carbocycles. The summed E-state index contributed by atoms with van der Waals surface area (Å²) in [5, 5.41) is 0. The number of likely N-dealkylation sites (tertiary alicyclic amines) is 1. The summed E-state index contributed by atoms with van der Waals surface area (Å²) in [5.74, 6) is 0.951. The zero-order chi connectivity index (χ0) is 16.5. The summed E-state index contributed by atoms with van der Waals surface area (Å²) in [7, 11) is 2.03. The average Bonchev–Trinajstić information content (AvgIpc) is 2.99. The first-order chi connectivity index (χ1) is 11.8. The van der Waals surface area contributed by atoms with Crippen molar-refractivity contribution in [2.75, 3.05) is 6.54 Å². The fourth-order valence-corrected chi connectivity index (χ4v) is 3.54. The molecule has 5 heteroatoms. The van der Waals surface area contributed by atoms with Gasteiger partial charge in [0, 0.05) is 19.8 Å². The third-order valence-corrected chi connectivity index (χ3v) is 4.77. The van der Waals surface area contributed by atoms with Crippen LogP contribution in [0.2, 0.25) is 0 Å². The van der Waals surface area contributed by atoms with Crippen molar-refractivity contribution in [3.05, 3.63) is 60.2 Å². The van der Waals surface area contributed by atoms with Crippen LogP contribution in [-0.2, 0) is 7.05 Å². The quantitative estimate of drug-likeness (QED) is 0.728. The number of hydrogen-bond acceptors (Lipinski definition) is 3. The van der Waals surface area contributed by atoms with Gasteiger partial charge >= 0.3 is 0 Å². The summed E-state index contributed by atoms with van der Waals surface area (Å²) in [6, 6.07) is 13.6. The first kappa shape index (κ1) is 14.9. The van der Waals surface area contributed by atoms with E-state index in [4.69, 9.17) is 4.98 Å². The number of carbonyl (C=O) groups is 1. The smallest absolute Gasteiger partial charge is 0.273 e. The van der Waals surface area contributed by atoms with Crippen LogP contribution in [0.4, 0.5) is 0 Å². The molecule has 0 bridgehead atoms. The van der Waals surface area contributed by atoms with E-state index < -0.39 is 0 Å². The van der Waals surface area contributed by atoms with Gasteiger partial charge in [-0.3, -0.25) is 9.78 Å². The highest BCUT2D eigenvalue weighted by atomic mass is 16.2. The van der Waals surface area contributed by atoms with E-state index in [-0.39, 0.29) is 11.9 Å². The van der Waals surface area contributed by atoms with Crippen molar-refractivity contribution in [1.82, 2.24) is 19.4 Å². The van der Waals surface area contributed by atoms with Crippen LogP contribution >= 0.6 is 0 Å². The van der Waals surface area contributed by atoms with Gasteiger partial charge in [0.2, 0.25) is 0 Å². The molecular weight excluding hydrogens is 300 g/mol. The molecule has 122 valence electrons. The Kier molecular flexibility index (Phi) is 3.76. The second-order valence-electron chi connectivity index (χ2n) is 6.24. The van der Waals surface area contributed by atoms with E-state index >= 15 is 0 Å². The monoisotopic (exact) mass is 320 g/mol. The van der Waals surface area contributed by atoms with E-state index in [1.807, 2.05) is 42.3 Å². The number of amides is 1. The normalized spacial score (nSPS) is 18.0. The minimum absolute atomic E-state index is 0.00524. The van der Waals surface area contributed by atoms with E-state index in [0.29, 0.717) is 5.69 Å². The zero-order valence-corrected chi connectivity index (χ0v) is 13.7. The van der Waals surface area contributed by atoms with Crippen LogP contribution < -0.4 is 0 Å². The summed E-state index contributed by atoms with van der Waals surface area (Å²) in [6.45, 7) is 0.753. The first-order valence-electron chi connectivity index (χ1n) is 8.39. The molecule has 0 saturated carbocycles. The molecule has 4 rings (SSSR count). The Morgan fingerprint density at radius 1 is 1.12 bits per heavy atom. The molecule has 5 nitrogen and oxygen atoms in total. The highest BCUT2D eigenvalue weighted by Crippen LogP contribution is 2.32. The predicted octanol–water partition coefficient (Wildman–Crippen LogP) is 3.34. The van der Waals surface area contributed by atoms with Crippen molar-refractivity contribution in [3.8, 4) is 0 Å². The fourth-order valence-electron chi connectivity index (χ4n) is 3.54. The fraction of sp³-hybridized carbons (Fsp3) is 0.316. The maximum atomic E-state index is 12.9. The van der Waals surface area contributed by atoms with Crippen LogP contribution in [-0.4, -0.2) is 31.9 Å². The second-order valence-corrected chi connectivity index (χ2v) is 6.24. The third kappa shape index (κ3) is 2.46. The summed E-state index contributed by atoms with van der Waals surface area (Å²) in [5.41, 5.74) is 2.58. The van der Waals surface area contributed by atoms with Crippen molar-refractivity contribution < 1.29 is 4.79 Å². The number of nitrogens with zero attached hydrogens (tertiary/aromatic N) is 4. The number of piperidine rings is 1. The molecule has 1 amide bonds. The maximum absolute atomic E-state index is 12.9.